The number of hydrogen-bond acceptors (Lipinski definition) is 10. The number of piperidine rings is 1. The van der Waals surface area contributed by atoms with Crippen molar-refractivity contribution in [2.45, 2.75) is 73.6 Å². The molecule has 0 spiro atoms. The molecule has 0 unspecified atom stereocenters. The number of carbonyl (C=O) groups excluding carboxylic acids is 2. The van der Waals surface area contributed by atoms with Gasteiger partial charge in [-0.3, -0.25) is 4.79 Å². The highest BCUT2D eigenvalue weighted by atomic mass is 16.6. The predicted octanol–water partition coefficient (Wildman–Crippen LogP) is 4.75. The number of allylic oxidation sites excluding steroid dienone is 1. The molecule has 0 aromatic rings. The number of amides is 1. The summed E-state index contributed by atoms with van der Waals surface area (Å²) in [7, 11) is 1.64. The Hall–Kier alpha value is -1.44. The standard InChI is InChI=1S/C30H55NO10.2C2H6/c1-27(2)25-30(26-28(3)32)6-8-31(9-7-30)29(33)5-10-35-13-14-37-17-18-39-21-22-41-24-23-40-20-19-38-16-15-36-12-11-34-4;2*1-2/h1,5-26H2,2-4H3;2*1-2H3. The van der Waals surface area contributed by atoms with E-state index in [-0.39, 0.29) is 17.1 Å². The zero-order chi connectivity index (χ0) is 34.0. The summed E-state index contributed by atoms with van der Waals surface area (Å²) in [4.78, 5) is 26.2. The van der Waals surface area contributed by atoms with Gasteiger partial charge in [0.15, 0.2) is 0 Å². The highest BCUT2D eigenvalue weighted by molar-refractivity contribution is 5.77. The van der Waals surface area contributed by atoms with E-state index >= 15 is 0 Å². The van der Waals surface area contributed by atoms with Crippen molar-refractivity contribution < 1.29 is 47.5 Å². The molecule has 0 aliphatic carbocycles. The lowest BCUT2D eigenvalue weighted by molar-refractivity contribution is -0.135. The molecule has 1 aliphatic rings. The molecular formula is C34H67NO10. The van der Waals surface area contributed by atoms with Gasteiger partial charge in [0, 0.05) is 26.6 Å². The number of nitrogens with zero attached hydrogens (tertiary/aromatic N) is 1. The molecule has 11 heteroatoms. The number of rotatable bonds is 28. The van der Waals surface area contributed by atoms with Crippen molar-refractivity contribution in [3.63, 3.8) is 0 Å². The minimum absolute atomic E-state index is 0.0506. The fraction of sp³-hybridized carbons (Fsp3) is 0.882. The van der Waals surface area contributed by atoms with Crippen molar-refractivity contribution in [2.75, 3.05) is 119 Å². The summed E-state index contributed by atoms with van der Waals surface area (Å²) < 4.78 is 43.0. The summed E-state index contributed by atoms with van der Waals surface area (Å²) in [6, 6.07) is 0. The van der Waals surface area contributed by atoms with Crippen LogP contribution in [0.5, 0.6) is 0 Å². The number of hydrogen-bond donors (Lipinski definition) is 0. The Morgan fingerprint density at radius 1 is 0.578 bits per heavy atom. The number of Topliss-reactive ketones (excluding diaryl/α,β-unsaturated/α-hetero) is 1. The van der Waals surface area contributed by atoms with Gasteiger partial charge in [0.25, 0.3) is 0 Å². The van der Waals surface area contributed by atoms with E-state index in [0.717, 1.165) is 24.8 Å². The summed E-state index contributed by atoms with van der Waals surface area (Å²) in [5, 5.41) is 0. The van der Waals surface area contributed by atoms with E-state index in [1.165, 1.54) is 0 Å². The van der Waals surface area contributed by atoms with Crippen LogP contribution in [0.15, 0.2) is 12.2 Å². The van der Waals surface area contributed by atoms with Crippen LogP contribution in [-0.4, -0.2) is 136 Å². The second-order valence-electron chi connectivity index (χ2n) is 10.4. The lowest BCUT2D eigenvalue weighted by Gasteiger charge is -2.42. The maximum Gasteiger partial charge on any atom is 0.224 e. The molecule has 11 nitrogen and oxygen atoms in total. The molecule has 0 radical (unpaired) electrons. The summed E-state index contributed by atoms with van der Waals surface area (Å²) in [6.45, 7) is 24.6. The van der Waals surface area contributed by atoms with Crippen LogP contribution in [0.4, 0.5) is 0 Å². The minimum Gasteiger partial charge on any atom is -0.382 e. The second-order valence-corrected chi connectivity index (χ2v) is 10.4. The first-order valence-electron chi connectivity index (χ1n) is 16.8. The van der Waals surface area contributed by atoms with E-state index < -0.39 is 0 Å². The zero-order valence-corrected chi connectivity index (χ0v) is 29.8. The molecule has 0 saturated carbocycles. The predicted molar refractivity (Wildman–Crippen MR) is 178 cm³/mol. The highest BCUT2D eigenvalue weighted by Crippen LogP contribution is 2.40. The quantitative estimate of drug-likeness (QED) is 0.0870. The molecule has 0 aromatic heterocycles. The summed E-state index contributed by atoms with van der Waals surface area (Å²) in [5.41, 5.74) is 1.04. The van der Waals surface area contributed by atoms with E-state index in [2.05, 4.69) is 6.58 Å². The van der Waals surface area contributed by atoms with Gasteiger partial charge in [0.1, 0.15) is 5.78 Å². The van der Waals surface area contributed by atoms with Gasteiger partial charge < -0.3 is 47.6 Å². The maximum atomic E-state index is 12.6. The van der Waals surface area contributed by atoms with Gasteiger partial charge in [-0.05, 0) is 38.5 Å². The van der Waals surface area contributed by atoms with Gasteiger partial charge in [-0.15, -0.1) is 6.58 Å². The van der Waals surface area contributed by atoms with Crippen molar-refractivity contribution in [1.29, 1.82) is 0 Å². The Balaban J connectivity index is 0. The third-order valence-corrected chi connectivity index (χ3v) is 6.60. The molecule has 0 aromatic carbocycles. The fourth-order valence-corrected chi connectivity index (χ4v) is 4.70. The molecule has 0 bridgehead atoms. The molecule has 268 valence electrons. The lowest BCUT2D eigenvalue weighted by atomic mass is 9.71. The van der Waals surface area contributed by atoms with E-state index in [9.17, 15) is 9.59 Å². The van der Waals surface area contributed by atoms with Crippen molar-refractivity contribution in [2.24, 2.45) is 5.41 Å². The van der Waals surface area contributed by atoms with Gasteiger partial charge in [-0.25, -0.2) is 0 Å². The minimum atomic E-state index is -0.0506. The molecule has 1 fully saturated rings. The van der Waals surface area contributed by atoms with Gasteiger partial charge in [-0.2, -0.15) is 0 Å². The Morgan fingerprint density at radius 3 is 1.22 bits per heavy atom. The topological polar surface area (TPSA) is 111 Å². The Kier molecular flexibility index (Phi) is 34.4. The summed E-state index contributed by atoms with van der Waals surface area (Å²) >= 11 is 0. The first-order valence-corrected chi connectivity index (χ1v) is 16.8. The van der Waals surface area contributed by atoms with E-state index in [1.54, 1.807) is 14.0 Å². The van der Waals surface area contributed by atoms with Crippen LogP contribution in [0.1, 0.15) is 73.6 Å². The largest absolute Gasteiger partial charge is 0.382 e. The van der Waals surface area contributed by atoms with Crippen LogP contribution < -0.4 is 0 Å². The molecular weight excluding hydrogens is 582 g/mol. The molecule has 1 rings (SSSR count). The van der Waals surface area contributed by atoms with Crippen LogP contribution in [-0.2, 0) is 47.5 Å². The number of ether oxygens (including phenoxy) is 8. The van der Waals surface area contributed by atoms with Gasteiger partial charge in [-0.1, -0.05) is 33.3 Å². The van der Waals surface area contributed by atoms with Crippen molar-refractivity contribution in [1.82, 2.24) is 4.90 Å². The van der Waals surface area contributed by atoms with E-state index in [1.807, 2.05) is 39.5 Å². The molecule has 0 atom stereocenters. The third kappa shape index (κ3) is 28.5. The molecule has 1 heterocycles. The fourth-order valence-electron chi connectivity index (χ4n) is 4.70. The molecule has 1 aliphatic heterocycles. The number of ketones is 1. The molecule has 45 heavy (non-hydrogen) atoms. The normalized spacial score (nSPS) is 13.8. The monoisotopic (exact) mass is 649 g/mol. The van der Waals surface area contributed by atoms with Crippen LogP contribution in [0.2, 0.25) is 0 Å². The van der Waals surface area contributed by atoms with Crippen molar-refractivity contribution in [3.8, 4) is 0 Å². The van der Waals surface area contributed by atoms with Crippen LogP contribution >= 0.6 is 0 Å². The smallest absolute Gasteiger partial charge is 0.224 e. The highest BCUT2D eigenvalue weighted by Gasteiger charge is 2.36. The summed E-state index contributed by atoms with van der Waals surface area (Å²) in [6.07, 6.45) is 3.44. The maximum absolute atomic E-state index is 12.6. The van der Waals surface area contributed by atoms with Gasteiger partial charge >= 0.3 is 0 Å². The number of methoxy groups -OCH3 is 1. The van der Waals surface area contributed by atoms with E-state index in [0.29, 0.717) is 125 Å². The molecule has 1 amide bonds. The van der Waals surface area contributed by atoms with Gasteiger partial charge in [0.2, 0.25) is 5.91 Å². The Morgan fingerprint density at radius 2 is 0.911 bits per heavy atom. The SMILES string of the molecule is C=C(C)CC1(CC(C)=O)CCN(C(=O)CCOCCOCCOCCOCCOCCOCCOCCOC)CC1.CC.CC. The van der Waals surface area contributed by atoms with Crippen LogP contribution in [0, 0.1) is 5.41 Å². The Bertz CT molecular complexity index is 666. The van der Waals surface area contributed by atoms with Crippen molar-refractivity contribution in [3.05, 3.63) is 12.2 Å². The average Bonchev–Trinajstić information content (AvgIpc) is 3.03. The first-order chi connectivity index (χ1) is 21.9. The van der Waals surface area contributed by atoms with E-state index in [4.69, 9.17) is 37.9 Å². The lowest BCUT2D eigenvalue weighted by Crippen LogP contribution is -2.44. The number of carbonyl (C=O) groups is 2. The molecule has 0 N–H and O–H groups in total. The first kappa shape index (κ1) is 45.7. The van der Waals surface area contributed by atoms with Gasteiger partial charge in [0.05, 0.1) is 106 Å². The zero-order valence-electron chi connectivity index (χ0n) is 29.8. The van der Waals surface area contributed by atoms with Crippen LogP contribution in [0.25, 0.3) is 0 Å². The Labute approximate surface area is 274 Å². The third-order valence-electron chi connectivity index (χ3n) is 6.60. The second kappa shape index (κ2) is 33.9. The average molecular weight is 650 g/mol. The van der Waals surface area contributed by atoms with Crippen molar-refractivity contribution >= 4 is 11.7 Å². The number of likely N-dealkylation sites (tertiary alicyclic amines) is 1. The molecule has 1 saturated heterocycles. The van der Waals surface area contributed by atoms with Crippen LogP contribution in [0.3, 0.4) is 0 Å². The summed E-state index contributed by atoms with van der Waals surface area (Å²) in [5.74, 6) is 0.304.